The van der Waals surface area contributed by atoms with E-state index < -0.39 is 0 Å². The zero-order chi connectivity index (χ0) is 10.8. The number of hydrogen-bond donors (Lipinski definition) is 2. The Labute approximate surface area is 88.3 Å². The van der Waals surface area contributed by atoms with Crippen LogP contribution < -0.4 is 5.32 Å². The molecule has 0 radical (unpaired) electrons. The van der Waals surface area contributed by atoms with Gasteiger partial charge in [0.05, 0.1) is 6.10 Å². The minimum Gasteiger partial charge on any atom is -0.456 e. The highest BCUT2D eigenvalue weighted by Crippen LogP contribution is 2.26. The molecule has 0 aliphatic heterocycles. The Balaban J connectivity index is 1.78. The first kappa shape index (κ1) is 10.2. The molecule has 1 fully saturated rings. The molecule has 1 saturated carbocycles. The monoisotopic (exact) mass is 209 g/mol. The van der Waals surface area contributed by atoms with Crippen LogP contribution in [0.1, 0.15) is 29.2 Å². The lowest BCUT2D eigenvalue weighted by Gasteiger charge is -2.31. The van der Waals surface area contributed by atoms with Gasteiger partial charge >= 0.3 is 0 Å². The fourth-order valence-corrected chi connectivity index (χ4v) is 1.75. The number of furan rings is 1. The van der Waals surface area contributed by atoms with Crippen LogP contribution in [0.4, 0.5) is 0 Å². The molecule has 0 bridgehead atoms. The maximum absolute atomic E-state index is 11.5. The van der Waals surface area contributed by atoms with E-state index in [0.717, 1.165) is 18.6 Å². The van der Waals surface area contributed by atoms with E-state index >= 15 is 0 Å². The first-order valence-corrected chi connectivity index (χ1v) is 5.18. The quantitative estimate of drug-likeness (QED) is 0.783. The highest BCUT2D eigenvalue weighted by molar-refractivity contribution is 5.91. The Morgan fingerprint density at radius 2 is 2.33 bits per heavy atom. The van der Waals surface area contributed by atoms with Crippen molar-refractivity contribution in [3.8, 4) is 0 Å². The summed E-state index contributed by atoms with van der Waals surface area (Å²) in [7, 11) is 0. The average Bonchev–Trinajstić information content (AvgIpc) is 2.57. The van der Waals surface area contributed by atoms with Gasteiger partial charge in [-0.3, -0.25) is 4.79 Å². The topological polar surface area (TPSA) is 62.5 Å². The standard InChI is InChI=1S/C11H15NO3/c1-7-2-3-10(15-7)11(14)12-6-8-4-9(13)5-8/h2-3,8-9,13H,4-6H2,1H3,(H,12,14). The van der Waals surface area contributed by atoms with Crippen molar-refractivity contribution in [1.29, 1.82) is 0 Å². The van der Waals surface area contributed by atoms with Crippen molar-refractivity contribution in [3.05, 3.63) is 23.7 Å². The third-order valence-electron chi connectivity index (χ3n) is 2.73. The van der Waals surface area contributed by atoms with Crippen LogP contribution >= 0.6 is 0 Å². The van der Waals surface area contributed by atoms with Crippen molar-refractivity contribution in [1.82, 2.24) is 5.32 Å². The van der Waals surface area contributed by atoms with Crippen LogP contribution in [0.5, 0.6) is 0 Å². The van der Waals surface area contributed by atoms with Gasteiger partial charge in [-0.2, -0.15) is 0 Å². The minimum absolute atomic E-state index is 0.169. The highest BCUT2D eigenvalue weighted by atomic mass is 16.3. The lowest BCUT2D eigenvalue weighted by atomic mass is 9.82. The van der Waals surface area contributed by atoms with Crippen LogP contribution in [0.15, 0.2) is 16.5 Å². The van der Waals surface area contributed by atoms with Crippen LogP contribution in [-0.2, 0) is 0 Å². The third-order valence-corrected chi connectivity index (χ3v) is 2.73. The predicted molar refractivity (Wildman–Crippen MR) is 54.5 cm³/mol. The number of carbonyl (C=O) groups is 1. The number of aliphatic hydroxyl groups excluding tert-OH is 1. The van der Waals surface area contributed by atoms with Crippen LogP contribution in [0, 0.1) is 12.8 Å². The normalized spacial score (nSPS) is 24.7. The molecule has 0 saturated heterocycles. The number of carbonyl (C=O) groups excluding carboxylic acids is 1. The van der Waals surface area contributed by atoms with Crippen molar-refractivity contribution in [2.45, 2.75) is 25.9 Å². The Morgan fingerprint density at radius 3 is 2.87 bits per heavy atom. The molecule has 1 aromatic rings. The molecule has 4 nitrogen and oxygen atoms in total. The molecule has 1 heterocycles. The van der Waals surface area contributed by atoms with Gasteiger partial charge in [-0.15, -0.1) is 0 Å². The van der Waals surface area contributed by atoms with E-state index in [0.29, 0.717) is 18.2 Å². The van der Waals surface area contributed by atoms with Gasteiger partial charge in [0.1, 0.15) is 5.76 Å². The number of aliphatic hydroxyl groups is 1. The zero-order valence-corrected chi connectivity index (χ0v) is 8.69. The van der Waals surface area contributed by atoms with Gasteiger partial charge in [-0.25, -0.2) is 0 Å². The lowest BCUT2D eigenvalue weighted by Crippen LogP contribution is -2.38. The molecule has 1 aliphatic rings. The third kappa shape index (κ3) is 2.39. The summed E-state index contributed by atoms with van der Waals surface area (Å²) < 4.78 is 5.19. The van der Waals surface area contributed by atoms with E-state index in [1.165, 1.54) is 0 Å². The zero-order valence-electron chi connectivity index (χ0n) is 8.69. The molecule has 15 heavy (non-hydrogen) atoms. The average molecular weight is 209 g/mol. The van der Waals surface area contributed by atoms with Gasteiger partial charge in [0.2, 0.25) is 0 Å². The maximum Gasteiger partial charge on any atom is 0.287 e. The first-order chi connectivity index (χ1) is 7.15. The fourth-order valence-electron chi connectivity index (χ4n) is 1.75. The Morgan fingerprint density at radius 1 is 1.60 bits per heavy atom. The smallest absolute Gasteiger partial charge is 0.287 e. The van der Waals surface area contributed by atoms with Crippen molar-refractivity contribution < 1.29 is 14.3 Å². The summed E-state index contributed by atoms with van der Waals surface area (Å²) in [4.78, 5) is 11.5. The molecule has 0 unspecified atom stereocenters. The van der Waals surface area contributed by atoms with E-state index in [9.17, 15) is 4.79 Å². The lowest BCUT2D eigenvalue weighted by molar-refractivity contribution is 0.0417. The Kier molecular flexibility index (Phi) is 2.77. The van der Waals surface area contributed by atoms with Crippen molar-refractivity contribution in [2.75, 3.05) is 6.54 Å². The summed E-state index contributed by atoms with van der Waals surface area (Å²) in [6, 6.07) is 3.43. The SMILES string of the molecule is Cc1ccc(C(=O)NCC2CC(O)C2)o1. The predicted octanol–water partition coefficient (Wildman–Crippen LogP) is 1.09. The summed E-state index contributed by atoms with van der Waals surface area (Å²) in [6.07, 6.45) is 1.41. The first-order valence-electron chi connectivity index (χ1n) is 5.18. The van der Waals surface area contributed by atoms with E-state index in [-0.39, 0.29) is 12.0 Å². The van der Waals surface area contributed by atoms with Gasteiger partial charge in [0, 0.05) is 6.54 Å². The second-order valence-corrected chi connectivity index (χ2v) is 4.11. The minimum atomic E-state index is -0.176. The molecule has 1 aliphatic carbocycles. The second-order valence-electron chi connectivity index (χ2n) is 4.11. The van der Waals surface area contributed by atoms with E-state index in [1.54, 1.807) is 19.1 Å². The second kappa shape index (κ2) is 4.06. The van der Waals surface area contributed by atoms with Gasteiger partial charge in [0.15, 0.2) is 5.76 Å². The summed E-state index contributed by atoms with van der Waals surface area (Å²) >= 11 is 0. The molecule has 0 spiro atoms. The molecule has 82 valence electrons. The van der Waals surface area contributed by atoms with Crippen LogP contribution in [0.25, 0.3) is 0 Å². The van der Waals surface area contributed by atoms with E-state index in [2.05, 4.69) is 5.32 Å². The summed E-state index contributed by atoms with van der Waals surface area (Å²) in [5.74, 6) is 1.33. The molecular weight excluding hydrogens is 194 g/mol. The van der Waals surface area contributed by atoms with Crippen molar-refractivity contribution in [2.24, 2.45) is 5.92 Å². The maximum atomic E-state index is 11.5. The van der Waals surface area contributed by atoms with E-state index in [1.807, 2.05) is 0 Å². The largest absolute Gasteiger partial charge is 0.456 e. The molecule has 4 heteroatoms. The Bertz CT molecular complexity index is 352. The van der Waals surface area contributed by atoms with Gasteiger partial charge in [0.25, 0.3) is 5.91 Å². The van der Waals surface area contributed by atoms with Crippen LogP contribution in [-0.4, -0.2) is 23.7 Å². The number of amides is 1. The molecule has 0 aromatic carbocycles. The molecular formula is C11H15NO3. The summed E-state index contributed by atoms with van der Waals surface area (Å²) in [5, 5.41) is 11.9. The molecule has 2 N–H and O–H groups in total. The molecule has 1 amide bonds. The van der Waals surface area contributed by atoms with E-state index in [4.69, 9.17) is 9.52 Å². The highest BCUT2D eigenvalue weighted by Gasteiger charge is 2.27. The number of nitrogens with one attached hydrogen (secondary N) is 1. The molecule has 0 atom stereocenters. The number of aryl methyl sites for hydroxylation is 1. The van der Waals surface area contributed by atoms with Crippen molar-refractivity contribution >= 4 is 5.91 Å². The van der Waals surface area contributed by atoms with Gasteiger partial charge in [-0.1, -0.05) is 0 Å². The molecule has 1 aromatic heterocycles. The summed E-state index contributed by atoms with van der Waals surface area (Å²) in [6.45, 7) is 2.43. The number of hydrogen-bond acceptors (Lipinski definition) is 3. The van der Waals surface area contributed by atoms with Crippen LogP contribution in [0.2, 0.25) is 0 Å². The van der Waals surface area contributed by atoms with Crippen molar-refractivity contribution in [3.63, 3.8) is 0 Å². The molecule has 2 rings (SSSR count). The Hall–Kier alpha value is -1.29. The van der Waals surface area contributed by atoms with Crippen LogP contribution in [0.3, 0.4) is 0 Å². The summed E-state index contributed by atoms with van der Waals surface area (Å²) in [5.41, 5.74) is 0. The fraction of sp³-hybridized carbons (Fsp3) is 0.545. The van der Waals surface area contributed by atoms with Gasteiger partial charge < -0.3 is 14.8 Å². The van der Waals surface area contributed by atoms with Gasteiger partial charge in [-0.05, 0) is 37.8 Å². The number of rotatable bonds is 3.